The third-order valence-corrected chi connectivity index (χ3v) is 2.99. The van der Waals surface area contributed by atoms with Crippen molar-refractivity contribution in [3.05, 3.63) is 53.1 Å². The fraction of sp³-hybridized carbons (Fsp3) is 0.125. The first-order valence-corrected chi connectivity index (χ1v) is 6.35. The quantitative estimate of drug-likeness (QED) is 0.651. The van der Waals surface area contributed by atoms with E-state index < -0.39 is 11.9 Å². The highest BCUT2D eigenvalue weighted by Crippen LogP contribution is 2.28. The molecule has 2 aromatic carbocycles. The second-order valence-electron chi connectivity index (χ2n) is 4.69. The number of hydrogen-bond acceptors (Lipinski definition) is 4. The molecule has 0 fully saturated rings. The molecule has 22 heavy (non-hydrogen) atoms. The smallest absolute Gasteiger partial charge is 0.335 e. The van der Waals surface area contributed by atoms with E-state index in [-0.39, 0.29) is 11.1 Å². The first kappa shape index (κ1) is 15.5. The molecule has 0 aliphatic heterocycles. The molecule has 6 heteroatoms. The molecule has 114 valence electrons. The molecule has 2 aromatic rings. The van der Waals surface area contributed by atoms with Gasteiger partial charge in [0.1, 0.15) is 0 Å². The number of rotatable bonds is 5. The van der Waals surface area contributed by atoms with Crippen LogP contribution in [-0.4, -0.2) is 29.3 Å². The Morgan fingerprint density at radius 3 is 1.91 bits per heavy atom. The highest BCUT2D eigenvalue weighted by molar-refractivity contribution is 5.96. The zero-order chi connectivity index (χ0) is 16.3. The van der Waals surface area contributed by atoms with Gasteiger partial charge in [0.25, 0.3) is 0 Å². The molecular formula is C16H14O6. The van der Waals surface area contributed by atoms with Gasteiger partial charge in [0.2, 0.25) is 0 Å². The number of hydrogen-bond donors (Lipinski definition) is 2. The second kappa shape index (κ2) is 6.28. The van der Waals surface area contributed by atoms with Crippen LogP contribution >= 0.6 is 0 Å². The number of aromatic carboxylic acids is 2. The SMILES string of the molecule is COOc1cc(C)cc(-c2cc(C(=O)O)cc(C(=O)O)c2)c1. The molecule has 0 unspecified atom stereocenters. The van der Waals surface area contributed by atoms with Crippen LogP contribution in [-0.2, 0) is 4.89 Å². The molecule has 0 heterocycles. The van der Waals surface area contributed by atoms with Gasteiger partial charge in [0, 0.05) is 0 Å². The van der Waals surface area contributed by atoms with Gasteiger partial charge >= 0.3 is 11.9 Å². The molecule has 0 radical (unpaired) electrons. The largest absolute Gasteiger partial charge is 0.478 e. The Morgan fingerprint density at radius 1 is 0.864 bits per heavy atom. The number of aryl methyl sites for hydroxylation is 1. The second-order valence-corrected chi connectivity index (χ2v) is 4.69. The van der Waals surface area contributed by atoms with Crippen molar-refractivity contribution in [2.24, 2.45) is 0 Å². The van der Waals surface area contributed by atoms with E-state index in [1.807, 2.05) is 6.92 Å². The third kappa shape index (κ3) is 3.42. The number of carbonyl (C=O) groups is 2. The number of benzene rings is 2. The average Bonchev–Trinajstić information content (AvgIpc) is 2.46. The first-order valence-electron chi connectivity index (χ1n) is 6.35. The molecule has 6 nitrogen and oxygen atoms in total. The van der Waals surface area contributed by atoms with Crippen molar-refractivity contribution in [2.45, 2.75) is 6.92 Å². The standard InChI is InChI=1S/C16H14O6/c1-9-3-10(8-14(4-9)22-21-2)11-5-12(15(17)18)7-13(6-11)16(19)20/h3-8H,1-2H3,(H,17,18)(H,19,20). The van der Waals surface area contributed by atoms with Gasteiger partial charge in [-0.2, -0.15) is 4.89 Å². The molecule has 0 aliphatic rings. The minimum absolute atomic E-state index is 0.0920. The van der Waals surface area contributed by atoms with E-state index >= 15 is 0 Å². The predicted molar refractivity (Wildman–Crippen MR) is 78.2 cm³/mol. The summed E-state index contributed by atoms with van der Waals surface area (Å²) in [5, 5.41) is 18.2. The minimum Gasteiger partial charge on any atom is -0.478 e. The van der Waals surface area contributed by atoms with E-state index in [1.54, 1.807) is 18.2 Å². The molecule has 0 saturated carbocycles. The van der Waals surface area contributed by atoms with Crippen LogP contribution in [0, 0.1) is 6.92 Å². The summed E-state index contributed by atoms with van der Waals surface area (Å²) < 4.78 is 0. The maximum atomic E-state index is 11.2. The van der Waals surface area contributed by atoms with Gasteiger partial charge in [-0.05, 0) is 53.9 Å². The molecule has 0 amide bonds. The predicted octanol–water partition coefficient (Wildman–Crippen LogP) is 3.00. The molecule has 0 saturated heterocycles. The van der Waals surface area contributed by atoms with Crippen molar-refractivity contribution in [3.63, 3.8) is 0 Å². The summed E-state index contributed by atoms with van der Waals surface area (Å²) in [5.41, 5.74) is 1.79. The normalized spacial score (nSPS) is 10.3. The highest BCUT2D eigenvalue weighted by Gasteiger charge is 2.13. The summed E-state index contributed by atoms with van der Waals surface area (Å²) in [7, 11) is 1.37. The Balaban J connectivity index is 2.60. The first-order chi connectivity index (χ1) is 10.4. The molecule has 0 aliphatic carbocycles. The van der Waals surface area contributed by atoms with Crippen molar-refractivity contribution >= 4 is 11.9 Å². The zero-order valence-corrected chi connectivity index (χ0v) is 12.0. The molecular weight excluding hydrogens is 288 g/mol. The molecule has 0 aromatic heterocycles. The van der Waals surface area contributed by atoms with E-state index in [0.717, 1.165) is 11.6 Å². The van der Waals surface area contributed by atoms with Gasteiger partial charge in [-0.15, -0.1) is 0 Å². The summed E-state index contributed by atoms with van der Waals surface area (Å²) in [6, 6.07) is 9.14. The van der Waals surface area contributed by atoms with Crippen LogP contribution in [0.5, 0.6) is 5.75 Å². The lowest BCUT2D eigenvalue weighted by molar-refractivity contribution is -0.178. The van der Waals surface area contributed by atoms with Gasteiger partial charge in [-0.3, -0.25) is 0 Å². The van der Waals surface area contributed by atoms with Gasteiger partial charge in [0.15, 0.2) is 5.75 Å². The summed E-state index contributed by atoms with van der Waals surface area (Å²) >= 11 is 0. The Kier molecular flexibility index (Phi) is 4.43. The minimum atomic E-state index is -1.19. The van der Waals surface area contributed by atoms with Crippen LogP contribution < -0.4 is 4.89 Å². The van der Waals surface area contributed by atoms with E-state index in [1.165, 1.54) is 19.2 Å². The summed E-state index contributed by atoms with van der Waals surface area (Å²) in [5.74, 6) is -1.94. The van der Waals surface area contributed by atoms with Crippen LogP contribution in [0.15, 0.2) is 36.4 Å². The summed E-state index contributed by atoms with van der Waals surface area (Å²) in [6.45, 7) is 1.84. The van der Waals surface area contributed by atoms with Gasteiger partial charge in [-0.25, -0.2) is 9.59 Å². The maximum Gasteiger partial charge on any atom is 0.335 e. The fourth-order valence-electron chi connectivity index (χ4n) is 2.10. The third-order valence-electron chi connectivity index (χ3n) is 2.99. The monoisotopic (exact) mass is 302 g/mol. The van der Waals surface area contributed by atoms with E-state index in [4.69, 9.17) is 15.1 Å². The summed E-state index contributed by atoms with van der Waals surface area (Å²) in [6.07, 6.45) is 0. The summed E-state index contributed by atoms with van der Waals surface area (Å²) in [4.78, 5) is 31.9. The number of carboxylic acid groups (broad SMARTS) is 2. The van der Waals surface area contributed by atoms with Crippen LogP contribution in [0.4, 0.5) is 0 Å². The molecule has 0 bridgehead atoms. The Hall–Kier alpha value is -2.86. The van der Waals surface area contributed by atoms with Crippen molar-refractivity contribution < 1.29 is 29.6 Å². The lowest BCUT2D eigenvalue weighted by Gasteiger charge is -2.09. The van der Waals surface area contributed by atoms with Gasteiger partial charge in [-0.1, -0.05) is 6.07 Å². The molecule has 0 atom stereocenters. The Labute approximate surface area is 126 Å². The lowest BCUT2D eigenvalue weighted by Crippen LogP contribution is -2.03. The average molecular weight is 302 g/mol. The van der Waals surface area contributed by atoms with E-state index in [2.05, 4.69) is 4.89 Å². The van der Waals surface area contributed by atoms with Crippen molar-refractivity contribution in [1.82, 2.24) is 0 Å². The highest BCUT2D eigenvalue weighted by atomic mass is 17.2. The molecule has 0 spiro atoms. The van der Waals surface area contributed by atoms with E-state index in [9.17, 15) is 9.59 Å². The molecule has 2 rings (SSSR count). The topological polar surface area (TPSA) is 93.1 Å². The van der Waals surface area contributed by atoms with Gasteiger partial charge in [0.05, 0.1) is 18.2 Å². The van der Waals surface area contributed by atoms with E-state index in [0.29, 0.717) is 16.9 Å². The maximum absolute atomic E-state index is 11.2. The van der Waals surface area contributed by atoms with Crippen LogP contribution in [0.3, 0.4) is 0 Å². The lowest BCUT2D eigenvalue weighted by atomic mass is 9.98. The van der Waals surface area contributed by atoms with Gasteiger partial charge < -0.3 is 15.1 Å². The van der Waals surface area contributed by atoms with Crippen LogP contribution in [0.2, 0.25) is 0 Å². The van der Waals surface area contributed by atoms with Crippen LogP contribution in [0.25, 0.3) is 11.1 Å². The zero-order valence-electron chi connectivity index (χ0n) is 12.0. The Morgan fingerprint density at radius 2 is 1.41 bits per heavy atom. The Bertz CT molecular complexity index is 703. The number of carboxylic acids is 2. The van der Waals surface area contributed by atoms with Crippen molar-refractivity contribution in [3.8, 4) is 16.9 Å². The molecule has 2 N–H and O–H groups in total. The van der Waals surface area contributed by atoms with Crippen molar-refractivity contribution in [1.29, 1.82) is 0 Å². The van der Waals surface area contributed by atoms with Crippen LogP contribution in [0.1, 0.15) is 26.3 Å². The van der Waals surface area contributed by atoms with Crippen molar-refractivity contribution in [2.75, 3.05) is 7.11 Å². The fourth-order valence-corrected chi connectivity index (χ4v) is 2.10.